The van der Waals surface area contributed by atoms with Gasteiger partial charge in [0, 0.05) is 19.6 Å². The van der Waals surface area contributed by atoms with E-state index in [-0.39, 0.29) is 30.3 Å². The van der Waals surface area contributed by atoms with Gasteiger partial charge in [-0.15, -0.1) is 23.7 Å². The molecule has 0 saturated carbocycles. The molecular weight excluding hydrogens is 370 g/mol. The minimum absolute atomic E-state index is 0. The number of hydrogen-bond donors (Lipinski definition) is 1. The van der Waals surface area contributed by atoms with Crippen LogP contribution in [0.25, 0.3) is 0 Å². The molecule has 7 heteroatoms. The molecule has 5 nitrogen and oxygen atoms in total. The largest absolute Gasteiger partial charge is 0.341 e. The zero-order valence-electron chi connectivity index (χ0n) is 15.5. The lowest BCUT2D eigenvalue weighted by Gasteiger charge is -2.40. The van der Waals surface area contributed by atoms with E-state index in [1.807, 2.05) is 27.3 Å². The van der Waals surface area contributed by atoms with Crippen LogP contribution in [-0.4, -0.2) is 60.4 Å². The van der Waals surface area contributed by atoms with Gasteiger partial charge in [-0.3, -0.25) is 9.59 Å². The third kappa shape index (κ3) is 4.99. The van der Waals surface area contributed by atoms with Crippen molar-refractivity contribution in [2.75, 3.05) is 32.7 Å². The second-order valence-electron chi connectivity index (χ2n) is 7.06. The maximum Gasteiger partial charge on any atom is 0.264 e. The van der Waals surface area contributed by atoms with Crippen LogP contribution in [0.5, 0.6) is 0 Å². The first kappa shape index (κ1) is 21.2. The van der Waals surface area contributed by atoms with Gasteiger partial charge in [-0.05, 0) is 62.6 Å². The van der Waals surface area contributed by atoms with Gasteiger partial charge in [-0.2, -0.15) is 0 Å². The van der Waals surface area contributed by atoms with Crippen molar-refractivity contribution in [2.24, 2.45) is 5.92 Å². The van der Waals surface area contributed by atoms with Gasteiger partial charge in [0.25, 0.3) is 5.91 Å². The summed E-state index contributed by atoms with van der Waals surface area (Å²) in [6.45, 7) is 6.52. The van der Waals surface area contributed by atoms with Gasteiger partial charge < -0.3 is 15.1 Å². The Bertz CT molecular complexity index is 573. The minimum atomic E-state index is -0.270. The average Bonchev–Trinajstić information content (AvgIpc) is 3.20. The van der Waals surface area contributed by atoms with E-state index in [2.05, 4.69) is 12.2 Å². The molecule has 0 radical (unpaired) electrons. The van der Waals surface area contributed by atoms with Crippen molar-refractivity contribution < 1.29 is 9.59 Å². The summed E-state index contributed by atoms with van der Waals surface area (Å²) in [4.78, 5) is 30.4. The van der Waals surface area contributed by atoms with Crippen molar-refractivity contribution in [2.45, 2.75) is 45.1 Å². The highest BCUT2D eigenvalue weighted by Crippen LogP contribution is 2.25. The standard InChI is InChI=1S/C19H29N3O2S.ClH/c1-2-20-14-15-8-11-21(12-9-15)18(23)16-6-3-4-10-22(16)19(24)17-7-5-13-25-17;/h5,7,13,15-16,20H,2-4,6,8-12,14H2,1H3;1H. The maximum atomic E-state index is 13.1. The normalized spacial score (nSPS) is 21.3. The maximum absolute atomic E-state index is 13.1. The zero-order chi connectivity index (χ0) is 17.6. The number of carbonyl (C=O) groups excluding carboxylic acids is 2. The van der Waals surface area contributed by atoms with Gasteiger partial charge in [0.05, 0.1) is 4.88 Å². The van der Waals surface area contributed by atoms with E-state index in [1.165, 1.54) is 11.3 Å². The molecule has 1 aromatic rings. The van der Waals surface area contributed by atoms with E-state index in [0.717, 1.165) is 63.2 Å². The second-order valence-corrected chi connectivity index (χ2v) is 8.01. The molecule has 3 rings (SSSR count). The Hall–Kier alpha value is -1.11. The van der Waals surface area contributed by atoms with Gasteiger partial charge in [0.2, 0.25) is 5.91 Å². The quantitative estimate of drug-likeness (QED) is 0.827. The van der Waals surface area contributed by atoms with Crippen molar-refractivity contribution >= 4 is 35.6 Å². The summed E-state index contributed by atoms with van der Waals surface area (Å²) in [5, 5.41) is 5.33. The van der Waals surface area contributed by atoms with E-state index in [1.54, 1.807) is 0 Å². The Labute approximate surface area is 166 Å². The van der Waals surface area contributed by atoms with Crippen molar-refractivity contribution in [3.63, 3.8) is 0 Å². The molecule has 1 atom stereocenters. The van der Waals surface area contributed by atoms with Crippen molar-refractivity contribution in [3.8, 4) is 0 Å². The molecule has 146 valence electrons. The van der Waals surface area contributed by atoms with Crippen LogP contribution in [0.1, 0.15) is 48.7 Å². The summed E-state index contributed by atoms with van der Waals surface area (Å²) in [5.74, 6) is 0.848. The molecule has 1 unspecified atom stereocenters. The lowest BCUT2D eigenvalue weighted by molar-refractivity contribution is -0.138. The summed E-state index contributed by atoms with van der Waals surface area (Å²) in [6.07, 6.45) is 4.94. The van der Waals surface area contributed by atoms with E-state index >= 15 is 0 Å². The fraction of sp³-hybridized carbons (Fsp3) is 0.684. The number of thiophene rings is 1. The average molecular weight is 400 g/mol. The van der Waals surface area contributed by atoms with Gasteiger partial charge in [0.1, 0.15) is 6.04 Å². The predicted octanol–water partition coefficient (Wildman–Crippen LogP) is 3.01. The number of piperidine rings is 2. The Morgan fingerprint density at radius 3 is 2.62 bits per heavy atom. The highest BCUT2D eigenvalue weighted by atomic mass is 35.5. The molecule has 0 aromatic carbocycles. The number of rotatable bonds is 5. The lowest BCUT2D eigenvalue weighted by atomic mass is 9.94. The molecule has 1 N–H and O–H groups in total. The van der Waals surface area contributed by atoms with Gasteiger partial charge >= 0.3 is 0 Å². The molecule has 2 fully saturated rings. The summed E-state index contributed by atoms with van der Waals surface area (Å²) in [6, 6.07) is 3.48. The number of halogens is 1. The second kappa shape index (κ2) is 10.3. The van der Waals surface area contributed by atoms with Gasteiger partial charge in [-0.25, -0.2) is 0 Å². The number of nitrogens with zero attached hydrogens (tertiary/aromatic N) is 2. The molecule has 2 amide bonds. The van der Waals surface area contributed by atoms with Crippen LogP contribution in [0.4, 0.5) is 0 Å². The molecule has 3 heterocycles. The SMILES string of the molecule is CCNCC1CCN(C(=O)C2CCCCN2C(=O)c2cccs2)CC1.Cl. The molecule has 2 saturated heterocycles. The molecule has 26 heavy (non-hydrogen) atoms. The monoisotopic (exact) mass is 399 g/mol. The summed E-state index contributed by atoms with van der Waals surface area (Å²) >= 11 is 1.46. The molecule has 0 aliphatic carbocycles. The van der Waals surface area contributed by atoms with Crippen LogP contribution in [0.3, 0.4) is 0 Å². The number of nitrogens with one attached hydrogen (secondary N) is 1. The minimum Gasteiger partial charge on any atom is -0.341 e. The van der Waals surface area contributed by atoms with Crippen molar-refractivity contribution in [1.29, 1.82) is 0 Å². The molecule has 2 aliphatic heterocycles. The summed E-state index contributed by atoms with van der Waals surface area (Å²) < 4.78 is 0. The Kier molecular flexibility index (Phi) is 8.38. The molecule has 0 spiro atoms. The molecule has 1 aromatic heterocycles. The van der Waals surface area contributed by atoms with Crippen molar-refractivity contribution in [1.82, 2.24) is 15.1 Å². The highest BCUT2D eigenvalue weighted by Gasteiger charge is 2.36. The fourth-order valence-corrected chi connectivity index (χ4v) is 4.57. The highest BCUT2D eigenvalue weighted by molar-refractivity contribution is 7.12. The van der Waals surface area contributed by atoms with Crippen LogP contribution in [0, 0.1) is 5.92 Å². The van der Waals surface area contributed by atoms with Crippen molar-refractivity contribution in [3.05, 3.63) is 22.4 Å². The van der Waals surface area contributed by atoms with Crippen LogP contribution in [0.2, 0.25) is 0 Å². The first-order valence-electron chi connectivity index (χ1n) is 9.54. The molecular formula is C19H30ClN3O2S. The smallest absolute Gasteiger partial charge is 0.264 e. The summed E-state index contributed by atoms with van der Waals surface area (Å²) in [5.41, 5.74) is 0. The van der Waals surface area contributed by atoms with Crippen LogP contribution >= 0.6 is 23.7 Å². The third-order valence-corrected chi connectivity index (χ3v) is 6.25. The summed E-state index contributed by atoms with van der Waals surface area (Å²) in [7, 11) is 0. The number of amides is 2. The first-order valence-corrected chi connectivity index (χ1v) is 10.4. The number of hydrogen-bond acceptors (Lipinski definition) is 4. The van der Waals surface area contributed by atoms with Gasteiger partial charge in [-0.1, -0.05) is 13.0 Å². The fourth-order valence-electron chi connectivity index (χ4n) is 3.89. The number of likely N-dealkylation sites (tertiary alicyclic amines) is 2. The Morgan fingerprint density at radius 1 is 1.19 bits per heavy atom. The van der Waals surface area contributed by atoms with Gasteiger partial charge in [0.15, 0.2) is 0 Å². The Morgan fingerprint density at radius 2 is 1.96 bits per heavy atom. The predicted molar refractivity (Wildman–Crippen MR) is 108 cm³/mol. The van der Waals surface area contributed by atoms with E-state index < -0.39 is 0 Å². The van der Waals surface area contributed by atoms with Crippen LogP contribution < -0.4 is 5.32 Å². The van der Waals surface area contributed by atoms with Crippen LogP contribution in [0.15, 0.2) is 17.5 Å². The molecule has 0 bridgehead atoms. The topological polar surface area (TPSA) is 52.7 Å². The Balaban J connectivity index is 0.00000243. The molecule has 2 aliphatic rings. The van der Waals surface area contributed by atoms with E-state index in [0.29, 0.717) is 12.5 Å². The van der Waals surface area contributed by atoms with E-state index in [4.69, 9.17) is 0 Å². The first-order chi connectivity index (χ1) is 12.2. The zero-order valence-corrected chi connectivity index (χ0v) is 17.1. The van der Waals surface area contributed by atoms with Crippen LogP contribution in [-0.2, 0) is 4.79 Å². The lowest BCUT2D eigenvalue weighted by Crippen LogP contribution is -2.54. The number of carbonyl (C=O) groups is 2. The van der Waals surface area contributed by atoms with E-state index in [9.17, 15) is 9.59 Å². The third-order valence-electron chi connectivity index (χ3n) is 5.39.